The highest BCUT2D eigenvalue weighted by atomic mass is 16.2. The van der Waals surface area contributed by atoms with Crippen LogP contribution in [0.25, 0.3) is 0 Å². The summed E-state index contributed by atoms with van der Waals surface area (Å²) >= 11 is 0. The van der Waals surface area contributed by atoms with Gasteiger partial charge in [-0.05, 0) is 31.7 Å². The van der Waals surface area contributed by atoms with E-state index in [9.17, 15) is 0 Å². The molecule has 2 rings (SSSR count). The van der Waals surface area contributed by atoms with Crippen molar-refractivity contribution in [3.8, 4) is 0 Å². The van der Waals surface area contributed by atoms with Crippen LogP contribution in [0, 0.1) is 6.92 Å². The van der Waals surface area contributed by atoms with Crippen molar-refractivity contribution in [1.82, 2.24) is 10.2 Å². The molecule has 1 heterocycles. The number of aryl methyl sites for hydroxylation is 1. The Kier molecular flexibility index (Phi) is 2.87. The molecule has 3 nitrogen and oxygen atoms in total. The number of aliphatic hydroxyl groups excluding tert-OH is 1. The summed E-state index contributed by atoms with van der Waals surface area (Å²) in [7, 11) is 0. The molecule has 0 aliphatic heterocycles. The number of nitrogens with zero attached hydrogens (tertiary/aromatic N) is 1. The predicted molar refractivity (Wildman–Crippen MR) is 55.3 cm³/mol. The first-order chi connectivity index (χ1) is 6.83. The first-order valence-electron chi connectivity index (χ1n) is 5.47. The molecule has 0 radical (unpaired) electrons. The minimum atomic E-state index is 0.222. The maximum atomic E-state index is 8.99. The van der Waals surface area contributed by atoms with Crippen LogP contribution in [-0.4, -0.2) is 21.9 Å². The van der Waals surface area contributed by atoms with Gasteiger partial charge in [0.05, 0.1) is 5.69 Å². The lowest BCUT2D eigenvalue weighted by Gasteiger charge is -2.08. The number of H-pyrrole nitrogens is 1. The van der Waals surface area contributed by atoms with Crippen LogP contribution in [0.15, 0.2) is 0 Å². The zero-order valence-electron chi connectivity index (χ0n) is 8.71. The largest absolute Gasteiger partial charge is 0.396 e. The second-order valence-electron chi connectivity index (χ2n) is 4.17. The average molecular weight is 194 g/mol. The lowest BCUT2D eigenvalue weighted by Crippen LogP contribution is -2.00. The molecule has 1 aliphatic rings. The Balaban J connectivity index is 2.22. The van der Waals surface area contributed by atoms with Gasteiger partial charge in [-0.2, -0.15) is 5.10 Å². The fraction of sp³-hybridized carbons (Fsp3) is 0.727. The third kappa shape index (κ3) is 1.69. The van der Waals surface area contributed by atoms with Gasteiger partial charge < -0.3 is 5.11 Å². The molecule has 1 saturated carbocycles. The molecule has 0 spiro atoms. The molecule has 0 bridgehead atoms. The number of rotatable bonds is 3. The summed E-state index contributed by atoms with van der Waals surface area (Å²) in [5.74, 6) is 0.640. The van der Waals surface area contributed by atoms with Crippen molar-refractivity contribution in [2.75, 3.05) is 6.61 Å². The summed E-state index contributed by atoms with van der Waals surface area (Å²) in [6.07, 6.45) is 5.93. The van der Waals surface area contributed by atoms with Crippen molar-refractivity contribution >= 4 is 0 Å². The van der Waals surface area contributed by atoms with Crippen molar-refractivity contribution in [3.05, 3.63) is 17.0 Å². The van der Waals surface area contributed by atoms with Crippen molar-refractivity contribution in [3.63, 3.8) is 0 Å². The van der Waals surface area contributed by atoms with E-state index in [1.54, 1.807) is 0 Å². The summed E-state index contributed by atoms with van der Waals surface area (Å²) in [5, 5.41) is 16.4. The normalized spacial score (nSPS) is 17.9. The molecule has 1 fully saturated rings. The fourth-order valence-electron chi connectivity index (χ4n) is 2.44. The number of aliphatic hydroxyl groups is 1. The van der Waals surface area contributed by atoms with Gasteiger partial charge in [-0.25, -0.2) is 0 Å². The van der Waals surface area contributed by atoms with Crippen LogP contribution < -0.4 is 0 Å². The van der Waals surface area contributed by atoms with Gasteiger partial charge in [0.1, 0.15) is 0 Å². The summed E-state index contributed by atoms with van der Waals surface area (Å²) in [4.78, 5) is 0. The van der Waals surface area contributed by atoms with E-state index in [1.165, 1.54) is 36.9 Å². The molecule has 1 aliphatic carbocycles. The molecule has 14 heavy (non-hydrogen) atoms. The monoisotopic (exact) mass is 194 g/mol. The maximum absolute atomic E-state index is 8.99. The molecule has 78 valence electrons. The highest BCUT2D eigenvalue weighted by molar-refractivity contribution is 5.28. The Hall–Kier alpha value is -0.830. The van der Waals surface area contributed by atoms with Crippen LogP contribution in [0.4, 0.5) is 0 Å². The Labute approximate surface area is 84.5 Å². The quantitative estimate of drug-likeness (QED) is 0.772. The Morgan fingerprint density at radius 1 is 1.43 bits per heavy atom. The number of aromatic nitrogens is 2. The molecular weight excluding hydrogens is 176 g/mol. The molecular formula is C11H18N2O. The lowest BCUT2D eigenvalue weighted by atomic mass is 9.97. The van der Waals surface area contributed by atoms with E-state index in [2.05, 4.69) is 10.2 Å². The molecule has 1 aromatic rings. The number of hydrogen-bond donors (Lipinski definition) is 2. The maximum Gasteiger partial charge on any atom is 0.0688 e. The topological polar surface area (TPSA) is 48.9 Å². The zero-order valence-corrected chi connectivity index (χ0v) is 8.71. The van der Waals surface area contributed by atoms with Gasteiger partial charge >= 0.3 is 0 Å². The van der Waals surface area contributed by atoms with E-state index < -0.39 is 0 Å². The van der Waals surface area contributed by atoms with Gasteiger partial charge in [-0.1, -0.05) is 12.8 Å². The van der Waals surface area contributed by atoms with Gasteiger partial charge in [0, 0.05) is 18.2 Å². The fourth-order valence-corrected chi connectivity index (χ4v) is 2.44. The van der Waals surface area contributed by atoms with Crippen LogP contribution in [-0.2, 0) is 6.42 Å². The number of aromatic amines is 1. The summed E-state index contributed by atoms with van der Waals surface area (Å²) in [6.45, 7) is 2.26. The van der Waals surface area contributed by atoms with E-state index in [1.807, 2.05) is 6.92 Å². The van der Waals surface area contributed by atoms with E-state index in [-0.39, 0.29) is 6.61 Å². The van der Waals surface area contributed by atoms with Crippen LogP contribution in [0.2, 0.25) is 0 Å². The molecule has 2 N–H and O–H groups in total. The minimum Gasteiger partial charge on any atom is -0.396 e. The molecule has 0 amide bonds. The van der Waals surface area contributed by atoms with Gasteiger partial charge in [0.25, 0.3) is 0 Å². The van der Waals surface area contributed by atoms with Crippen molar-refractivity contribution < 1.29 is 5.11 Å². The number of hydrogen-bond acceptors (Lipinski definition) is 2. The van der Waals surface area contributed by atoms with E-state index in [0.717, 1.165) is 12.1 Å². The Morgan fingerprint density at radius 2 is 2.14 bits per heavy atom. The van der Waals surface area contributed by atoms with Gasteiger partial charge in [0.2, 0.25) is 0 Å². The van der Waals surface area contributed by atoms with Crippen LogP contribution in [0.1, 0.15) is 48.6 Å². The standard InChI is InChI=1S/C11H18N2O/c1-8-10(6-7-14)11(13-12-8)9-4-2-3-5-9/h9,14H,2-7H2,1H3,(H,12,13). The minimum absolute atomic E-state index is 0.222. The predicted octanol–water partition coefficient (Wildman–Crippen LogP) is 1.91. The highest BCUT2D eigenvalue weighted by Crippen LogP contribution is 2.35. The van der Waals surface area contributed by atoms with Crippen LogP contribution in [0.3, 0.4) is 0 Å². The second-order valence-corrected chi connectivity index (χ2v) is 4.17. The van der Waals surface area contributed by atoms with Crippen LogP contribution >= 0.6 is 0 Å². The summed E-state index contributed by atoms with van der Waals surface area (Å²) < 4.78 is 0. The van der Waals surface area contributed by atoms with E-state index in [0.29, 0.717) is 5.92 Å². The zero-order chi connectivity index (χ0) is 9.97. The van der Waals surface area contributed by atoms with E-state index >= 15 is 0 Å². The molecule has 0 aromatic carbocycles. The van der Waals surface area contributed by atoms with Gasteiger partial charge in [-0.3, -0.25) is 5.10 Å². The van der Waals surface area contributed by atoms with Crippen molar-refractivity contribution in [2.24, 2.45) is 0 Å². The summed E-state index contributed by atoms with van der Waals surface area (Å²) in [6, 6.07) is 0. The highest BCUT2D eigenvalue weighted by Gasteiger charge is 2.23. The smallest absolute Gasteiger partial charge is 0.0688 e. The molecule has 0 unspecified atom stereocenters. The lowest BCUT2D eigenvalue weighted by molar-refractivity contribution is 0.299. The Bertz CT molecular complexity index is 300. The SMILES string of the molecule is Cc1[nH]nc(C2CCCC2)c1CCO. The van der Waals surface area contributed by atoms with Gasteiger partial charge in [-0.15, -0.1) is 0 Å². The van der Waals surface area contributed by atoms with Gasteiger partial charge in [0.15, 0.2) is 0 Å². The van der Waals surface area contributed by atoms with Crippen molar-refractivity contribution in [2.45, 2.75) is 44.9 Å². The second kappa shape index (κ2) is 4.13. The Morgan fingerprint density at radius 3 is 2.79 bits per heavy atom. The average Bonchev–Trinajstić information content (AvgIpc) is 2.77. The molecule has 0 saturated heterocycles. The van der Waals surface area contributed by atoms with Crippen molar-refractivity contribution in [1.29, 1.82) is 0 Å². The first-order valence-corrected chi connectivity index (χ1v) is 5.47. The van der Waals surface area contributed by atoms with E-state index in [4.69, 9.17) is 5.11 Å². The first kappa shape index (κ1) is 9.71. The number of nitrogens with one attached hydrogen (secondary N) is 1. The third-order valence-corrected chi connectivity index (χ3v) is 3.21. The summed E-state index contributed by atoms with van der Waals surface area (Å²) in [5.41, 5.74) is 3.59. The molecule has 1 aromatic heterocycles. The molecule has 0 atom stereocenters. The third-order valence-electron chi connectivity index (χ3n) is 3.21. The molecule has 3 heteroatoms. The van der Waals surface area contributed by atoms with Crippen LogP contribution in [0.5, 0.6) is 0 Å².